The van der Waals surface area contributed by atoms with Crippen LogP contribution in [0.15, 0.2) is 30.5 Å². The molecule has 0 amide bonds. The number of rotatable bonds is 5. The van der Waals surface area contributed by atoms with E-state index in [1.807, 2.05) is 24.3 Å². The van der Waals surface area contributed by atoms with Crippen LogP contribution < -0.4 is 5.43 Å². The number of hydrazine groups is 1. The molecule has 0 aliphatic carbocycles. The van der Waals surface area contributed by atoms with E-state index in [2.05, 4.69) is 4.98 Å². The van der Waals surface area contributed by atoms with Crippen molar-refractivity contribution in [3.8, 4) is 0 Å². The zero-order valence-electron chi connectivity index (χ0n) is 9.29. The van der Waals surface area contributed by atoms with E-state index in [0.29, 0.717) is 0 Å². The molecule has 2 rings (SSSR count). The Morgan fingerprint density at radius 2 is 2.22 bits per heavy atom. The number of nitrogens with one attached hydrogen (secondary N) is 2. The second-order valence-corrected chi connectivity index (χ2v) is 3.84. The SMILES string of the molecule is O=C(O)[C@H](Cc1c[nH]c2ccccc12)N[N+](=O)[O-]. The molecule has 0 saturated carbocycles. The Morgan fingerprint density at radius 1 is 1.50 bits per heavy atom. The van der Waals surface area contributed by atoms with Crippen molar-refractivity contribution in [3.05, 3.63) is 46.1 Å². The lowest BCUT2D eigenvalue weighted by atomic mass is 10.1. The van der Waals surface area contributed by atoms with Crippen LogP contribution in [0.3, 0.4) is 0 Å². The lowest BCUT2D eigenvalue weighted by molar-refractivity contribution is -0.548. The molecular formula is C11H11N3O4. The van der Waals surface area contributed by atoms with E-state index in [1.165, 1.54) is 0 Å². The van der Waals surface area contributed by atoms with E-state index in [1.54, 1.807) is 11.6 Å². The number of nitrogens with zero attached hydrogens (tertiary/aromatic N) is 1. The molecule has 0 radical (unpaired) electrons. The fraction of sp³-hybridized carbons (Fsp3) is 0.182. The first-order valence-corrected chi connectivity index (χ1v) is 5.26. The fourth-order valence-corrected chi connectivity index (χ4v) is 1.84. The third kappa shape index (κ3) is 2.40. The number of para-hydroxylation sites is 1. The van der Waals surface area contributed by atoms with Gasteiger partial charge in [-0.15, -0.1) is 5.43 Å². The van der Waals surface area contributed by atoms with Gasteiger partial charge in [0.05, 0.1) is 0 Å². The van der Waals surface area contributed by atoms with Crippen LogP contribution in [0.5, 0.6) is 0 Å². The van der Waals surface area contributed by atoms with Crippen LogP contribution in [0.1, 0.15) is 5.56 Å². The zero-order valence-corrected chi connectivity index (χ0v) is 9.29. The van der Waals surface area contributed by atoms with Crippen LogP contribution in [-0.2, 0) is 11.2 Å². The number of fused-ring (bicyclic) bond motifs is 1. The van der Waals surface area contributed by atoms with Gasteiger partial charge in [-0.3, -0.25) is 0 Å². The van der Waals surface area contributed by atoms with E-state index in [4.69, 9.17) is 5.11 Å². The van der Waals surface area contributed by atoms with Gasteiger partial charge in [0, 0.05) is 23.5 Å². The normalized spacial score (nSPS) is 12.2. The van der Waals surface area contributed by atoms with Crippen LogP contribution in [0.2, 0.25) is 0 Å². The fourth-order valence-electron chi connectivity index (χ4n) is 1.84. The molecule has 94 valence electrons. The Bertz CT molecular complexity index is 593. The molecule has 0 saturated heterocycles. The molecule has 1 aromatic carbocycles. The summed E-state index contributed by atoms with van der Waals surface area (Å²) in [5.41, 5.74) is 3.39. The average molecular weight is 249 g/mol. The van der Waals surface area contributed by atoms with Gasteiger partial charge < -0.3 is 10.1 Å². The van der Waals surface area contributed by atoms with E-state index in [9.17, 15) is 14.9 Å². The number of carboxylic acids is 1. The molecule has 0 bridgehead atoms. The summed E-state index contributed by atoms with van der Waals surface area (Å²) in [4.78, 5) is 24.2. The summed E-state index contributed by atoms with van der Waals surface area (Å²) in [6.45, 7) is 0. The van der Waals surface area contributed by atoms with Gasteiger partial charge in [-0.25, -0.2) is 14.9 Å². The molecule has 0 spiro atoms. The number of nitro groups is 1. The maximum absolute atomic E-state index is 10.9. The zero-order chi connectivity index (χ0) is 13.1. The molecule has 1 heterocycles. The minimum absolute atomic E-state index is 0.0420. The highest BCUT2D eigenvalue weighted by atomic mass is 16.7. The van der Waals surface area contributed by atoms with E-state index < -0.39 is 17.0 Å². The number of carboxylic acid groups (broad SMARTS) is 1. The molecule has 7 nitrogen and oxygen atoms in total. The lowest BCUT2D eigenvalue weighted by Gasteiger charge is -2.08. The number of aromatic amines is 1. The maximum atomic E-state index is 10.9. The molecule has 1 atom stereocenters. The summed E-state index contributed by atoms with van der Waals surface area (Å²) in [6, 6.07) is 6.13. The second kappa shape index (κ2) is 4.74. The topological polar surface area (TPSA) is 108 Å². The number of carbonyl (C=O) groups is 1. The lowest BCUT2D eigenvalue weighted by Crippen LogP contribution is -2.41. The molecule has 2 aromatic rings. The van der Waals surface area contributed by atoms with Crippen molar-refractivity contribution in [2.75, 3.05) is 0 Å². The molecule has 0 aliphatic rings. The van der Waals surface area contributed by atoms with Crippen molar-refractivity contribution in [2.45, 2.75) is 12.5 Å². The first-order valence-electron chi connectivity index (χ1n) is 5.26. The number of hydrogen-bond acceptors (Lipinski definition) is 3. The monoisotopic (exact) mass is 249 g/mol. The number of H-pyrrole nitrogens is 1. The molecule has 0 unspecified atom stereocenters. The summed E-state index contributed by atoms with van der Waals surface area (Å²) in [5.74, 6) is -1.25. The number of hydrogen-bond donors (Lipinski definition) is 3. The average Bonchev–Trinajstić information content (AvgIpc) is 2.71. The van der Waals surface area contributed by atoms with Crippen molar-refractivity contribution in [1.29, 1.82) is 0 Å². The molecule has 0 fully saturated rings. The van der Waals surface area contributed by atoms with Crippen LogP contribution in [0, 0.1) is 10.1 Å². The molecule has 18 heavy (non-hydrogen) atoms. The van der Waals surface area contributed by atoms with Gasteiger partial charge >= 0.3 is 5.97 Å². The summed E-state index contributed by atoms with van der Waals surface area (Å²) < 4.78 is 0. The van der Waals surface area contributed by atoms with Crippen molar-refractivity contribution in [3.63, 3.8) is 0 Å². The van der Waals surface area contributed by atoms with Gasteiger partial charge in [0.15, 0.2) is 11.1 Å². The molecule has 0 aliphatic heterocycles. The van der Waals surface area contributed by atoms with Gasteiger partial charge in [-0.1, -0.05) is 18.2 Å². The van der Waals surface area contributed by atoms with Crippen LogP contribution >= 0.6 is 0 Å². The van der Waals surface area contributed by atoms with Gasteiger partial charge in [0.2, 0.25) is 0 Å². The highest BCUT2D eigenvalue weighted by Gasteiger charge is 2.23. The number of aromatic nitrogens is 1. The van der Waals surface area contributed by atoms with E-state index in [0.717, 1.165) is 16.5 Å². The molecular weight excluding hydrogens is 238 g/mol. The minimum Gasteiger partial charge on any atom is -0.480 e. The predicted octanol–water partition coefficient (Wildman–Crippen LogP) is 0.945. The van der Waals surface area contributed by atoms with E-state index >= 15 is 0 Å². The van der Waals surface area contributed by atoms with E-state index in [-0.39, 0.29) is 6.42 Å². The largest absolute Gasteiger partial charge is 0.480 e. The van der Waals surface area contributed by atoms with Gasteiger partial charge in [0.1, 0.15) is 0 Å². The highest BCUT2D eigenvalue weighted by Crippen LogP contribution is 2.19. The number of aliphatic carboxylic acids is 1. The number of benzene rings is 1. The van der Waals surface area contributed by atoms with Crippen LogP contribution in [-0.4, -0.2) is 27.1 Å². The summed E-state index contributed by atoms with van der Waals surface area (Å²) in [7, 11) is 0. The standard InChI is InChI=1S/C11H11N3O4/c15-11(16)10(13-14(17)18)5-7-6-12-9-4-2-1-3-8(7)9/h1-4,6,10,12-13H,5H2,(H,15,16)/t10-/m0/s1. The Hall–Kier alpha value is -2.57. The Balaban J connectivity index is 2.26. The maximum Gasteiger partial charge on any atom is 0.332 e. The van der Waals surface area contributed by atoms with Crippen molar-refractivity contribution in [2.24, 2.45) is 0 Å². The second-order valence-electron chi connectivity index (χ2n) is 3.84. The van der Waals surface area contributed by atoms with Gasteiger partial charge in [0.25, 0.3) is 0 Å². The van der Waals surface area contributed by atoms with Crippen LogP contribution in [0.4, 0.5) is 0 Å². The van der Waals surface area contributed by atoms with Crippen LogP contribution in [0.25, 0.3) is 10.9 Å². The van der Waals surface area contributed by atoms with Crippen molar-refractivity contribution < 1.29 is 14.9 Å². The smallest absolute Gasteiger partial charge is 0.332 e. The molecule has 7 heteroatoms. The van der Waals surface area contributed by atoms with Gasteiger partial charge in [-0.2, -0.15) is 0 Å². The molecule has 1 aromatic heterocycles. The quantitative estimate of drug-likeness (QED) is 0.540. The van der Waals surface area contributed by atoms with Gasteiger partial charge in [-0.05, 0) is 11.6 Å². The highest BCUT2D eigenvalue weighted by molar-refractivity contribution is 5.84. The first kappa shape index (κ1) is 11.9. The Kier molecular flexibility index (Phi) is 3.13. The molecule has 3 N–H and O–H groups in total. The summed E-state index contributed by atoms with van der Waals surface area (Å²) in [6.07, 6.45) is 1.71. The predicted molar refractivity (Wildman–Crippen MR) is 63.6 cm³/mol. The van der Waals surface area contributed by atoms with Crippen molar-refractivity contribution >= 4 is 16.9 Å². The van der Waals surface area contributed by atoms with Crippen molar-refractivity contribution in [1.82, 2.24) is 10.4 Å². The summed E-state index contributed by atoms with van der Waals surface area (Å²) >= 11 is 0. The Morgan fingerprint density at radius 3 is 2.89 bits per heavy atom. The summed E-state index contributed by atoms with van der Waals surface area (Å²) in [5, 5.41) is 19.3. The minimum atomic E-state index is -1.25. The Labute approximate surface area is 102 Å². The first-order chi connectivity index (χ1) is 8.58. The third-order valence-electron chi connectivity index (χ3n) is 2.66. The third-order valence-corrected chi connectivity index (χ3v) is 2.66.